The van der Waals surface area contributed by atoms with Crippen LogP contribution in [0.25, 0.3) is 0 Å². The Morgan fingerprint density at radius 1 is 0.958 bits per heavy atom. The van der Waals surface area contributed by atoms with E-state index < -0.39 is 11.7 Å². The minimum absolute atomic E-state index is 0.778. The fourth-order valence-corrected chi connectivity index (χ4v) is 4.59. The van der Waals surface area contributed by atoms with Crippen LogP contribution < -0.4 is 5.38 Å². The molecular weight excluding hydrogens is 427 g/mol. The Morgan fingerprint density at radius 3 is 1.92 bits per heavy atom. The second kappa shape index (κ2) is 11.0. The van der Waals surface area contributed by atoms with Crippen molar-refractivity contribution in [2.45, 2.75) is 101 Å². The molecule has 0 aliphatic carbocycles. The standard InChI is InChI=1S/C20H37IO2Si/c1-5-6-7-8-9-10-11-12-13-14-15-20(21,22)18-16-19(23-17-18)24(2,3)4/h16-17,22H,5-15H2,1-4H3. The van der Waals surface area contributed by atoms with Gasteiger partial charge >= 0.3 is 0 Å². The lowest BCUT2D eigenvalue weighted by molar-refractivity contribution is 0.142. The molecule has 1 heterocycles. The molecule has 0 radical (unpaired) electrons. The maximum Gasteiger partial charge on any atom is 0.144 e. The zero-order valence-electron chi connectivity index (χ0n) is 16.2. The summed E-state index contributed by atoms with van der Waals surface area (Å²) in [5, 5.41) is 11.8. The first-order chi connectivity index (χ1) is 11.3. The second-order valence-electron chi connectivity index (χ2n) is 8.14. The van der Waals surface area contributed by atoms with Crippen molar-refractivity contribution in [1.82, 2.24) is 0 Å². The van der Waals surface area contributed by atoms with E-state index in [2.05, 4.69) is 55.2 Å². The summed E-state index contributed by atoms with van der Waals surface area (Å²) in [6.45, 7) is 9.07. The number of hydrogen-bond donors (Lipinski definition) is 1. The summed E-state index contributed by atoms with van der Waals surface area (Å²) in [6.07, 6.45) is 15.8. The molecule has 24 heavy (non-hydrogen) atoms. The first kappa shape index (κ1) is 22.2. The quantitative estimate of drug-likeness (QED) is 0.152. The van der Waals surface area contributed by atoms with E-state index in [-0.39, 0.29) is 0 Å². The highest BCUT2D eigenvalue weighted by Crippen LogP contribution is 2.34. The van der Waals surface area contributed by atoms with Crippen molar-refractivity contribution in [2.24, 2.45) is 0 Å². The van der Waals surface area contributed by atoms with Crippen LogP contribution in [0.1, 0.15) is 83.1 Å². The highest BCUT2D eigenvalue weighted by Gasteiger charge is 2.29. The topological polar surface area (TPSA) is 33.4 Å². The fourth-order valence-electron chi connectivity index (χ4n) is 2.92. The van der Waals surface area contributed by atoms with Crippen molar-refractivity contribution in [3.63, 3.8) is 0 Å². The third-order valence-corrected chi connectivity index (χ3v) is 7.55. The summed E-state index contributed by atoms with van der Waals surface area (Å²) < 4.78 is 4.93. The predicted octanol–water partition coefficient (Wildman–Crippen LogP) is 6.72. The van der Waals surface area contributed by atoms with E-state index in [1.54, 1.807) is 6.26 Å². The third kappa shape index (κ3) is 8.52. The van der Waals surface area contributed by atoms with Gasteiger partial charge in [0.1, 0.15) is 11.7 Å². The smallest absolute Gasteiger partial charge is 0.144 e. The zero-order valence-corrected chi connectivity index (χ0v) is 19.3. The van der Waals surface area contributed by atoms with Gasteiger partial charge in [0.25, 0.3) is 0 Å². The molecule has 140 valence electrons. The van der Waals surface area contributed by atoms with Crippen LogP contribution in [0.3, 0.4) is 0 Å². The Morgan fingerprint density at radius 2 is 1.46 bits per heavy atom. The average Bonchev–Trinajstić information content (AvgIpc) is 3.00. The molecule has 0 spiro atoms. The molecule has 1 rings (SSSR count). The summed E-state index contributed by atoms with van der Waals surface area (Å²) in [6, 6.07) is 2.08. The van der Waals surface area contributed by atoms with E-state index in [9.17, 15) is 5.11 Å². The Balaban J connectivity index is 2.18. The Bertz CT molecular complexity index is 449. The largest absolute Gasteiger partial charge is 0.474 e. The number of rotatable bonds is 13. The molecule has 0 bridgehead atoms. The molecule has 0 fully saturated rings. The molecule has 1 unspecified atom stereocenters. The van der Waals surface area contributed by atoms with Gasteiger partial charge in [0, 0.05) is 5.56 Å². The molecule has 0 saturated heterocycles. The lowest BCUT2D eigenvalue weighted by Crippen LogP contribution is -2.36. The molecule has 1 atom stereocenters. The second-order valence-corrected chi connectivity index (χ2v) is 14.9. The summed E-state index contributed by atoms with van der Waals surface area (Å²) in [4.78, 5) is 0. The van der Waals surface area contributed by atoms with Crippen molar-refractivity contribution in [3.05, 3.63) is 17.9 Å². The van der Waals surface area contributed by atoms with Crippen LogP contribution in [0, 0.1) is 0 Å². The van der Waals surface area contributed by atoms with Gasteiger partial charge in [0.15, 0.2) is 0 Å². The molecule has 1 N–H and O–H groups in total. The summed E-state index contributed by atoms with van der Waals surface area (Å²) in [5.41, 5.74) is 0.941. The average molecular weight is 465 g/mol. The van der Waals surface area contributed by atoms with E-state index in [0.29, 0.717) is 0 Å². The van der Waals surface area contributed by atoms with E-state index in [4.69, 9.17) is 4.42 Å². The van der Waals surface area contributed by atoms with Gasteiger partial charge in [-0.25, -0.2) is 0 Å². The van der Waals surface area contributed by atoms with Crippen LogP contribution >= 0.6 is 22.6 Å². The lowest BCUT2D eigenvalue weighted by atomic mass is 10.0. The number of furan rings is 1. The molecule has 0 aliphatic rings. The van der Waals surface area contributed by atoms with E-state index in [1.165, 1.54) is 57.8 Å². The van der Waals surface area contributed by atoms with Crippen LogP contribution in [-0.4, -0.2) is 13.2 Å². The van der Waals surface area contributed by atoms with Gasteiger partial charge in [-0.05, 0) is 41.5 Å². The van der Waals surface area contributed by atoms with E-state index >= 15 is 0 Å². The summed E-state index contributed by atoms with van der Waals surface area (Å²) >= 11 is 2.18. The Labute approximate surface area is 164 Å². The molecular formula is C20H37IO2Si. The van der Waals surface area contributed by atoms with Crippen LogP contribution in [0.5, 0.6) is 0 Å². The summed E-state index contributed by atoms with van der Waals surface area (Å²) in [7, 11) is -1.44. The van der Waals surface area contributed by atoms with Crippen LogP contribution in [-0.2, 0) is 3.61 Å². The summed E-state index contributed by atoms with van der Waals surface area (Å²) in [5.74, 6) is 0. The van der Waals surface area contributed by atoms with Crippen molar-refractivity contribution >= 4 is 36.0 Å². The number of unbranched alkanes of at least 4 members (excludes halogenated alkanes) is 9. The van der Waals surface area contributed by atoms with Gasteiger partial charge in [-0.15, -0.1) is 0 Å². The highest BCUT2D eigenvalue weighted by molar-refractivity contribution is 14.1. The van der Waals surface area contributed by atoms with Crippen molar-refractivity contribution in [3.8, 4) is 0 Å². The third-order valence-electron chi connectivity index (χ3n) is 4.64. The minimum Gasteiger partial charge on any atom is -0.474 e. The lowest BCUT2D eigenvalue weighted by Gasteiger charge is -2.19. The molecule has 0 saturated carbocycles. The number of halogens is 1. The first-order valence-corrected chi connectivity index (χ1v) is 14.4. The molecule has 0 aromatic carbocycles. The predicted molar refractivity (Wildman–Crippen MR) is 116 cm³/mol. The zero-order chi connectivity index (χ0) is 18.1. The Hall–Kier alpha value is 0.187. The fraction of sp³-hybridized carbons (Fsp3) is 0.800. The molecule has 2 nitrogen and oxygen atoms in total. The van der Waals surface area contributed by atoms with Crippen molar-refractivity contribution < 1.29 is 9.52 Å². The normalized spacial score (nSPS) is 14.8. The van der Waals surface area contributed by atoms with Gasteiger partial charge in [0.05, 0.1) is 11.6 Å². The van der Waals surface area contributed by atoms with E-state index in [0.717, 1.165) is 23.8 Å². The highest BCUT2D eigenvalue weighted by atomic mass is 127. The van der Waals surface area contributed by atoms with Gasteiger partial charge in [-0.2, -0.15) is 0 Å². The minimum atomic E-state index is -1.44. The van der Waals surface area contributed by atoms with Gasteiger partial charge in [-0.1, -0.05) is 84.4 Å². The van der Waals surface area contributed by atoms with Crippen LogP contribution in [0.4, 0.5) is 0 Å². The van der Waals surface area contributed by atoms with Crippen LogP contribution in [0.15, 0.2) is 16.7 Å². The monoisotopic (exact) mass is 464 g/mol. The molecule has 1 aromatic rings. The molecule has 4 heteroatoms. The first-order valence-electron chi connectivity index (χ1n) is 9.78. The molecule has 0 aliphatic heterocycles. The SMILES string of the molecule is CCCCCCCCCCCCC(O)(I)c1coc([Si](C)(C)C)c1. The Kier molecular flexibility index (Phi) is 10.2. The number of hydrogen-bond acceptors (Lipinski definition) is 2. The molecule has 1 aromatic heterocycles. The van der Waals surface area contributed by atoms with Gasteiger partial charge in [0.2, 0.25) is 0 Å². The van der Waals surface area contributed by atoms with Crippen molar-refractivity contribution in [2.75, 3.05) is 0 Å². The maximum atomic E-state index is 10.7. The number of aliphatic hydroxyl groups is 1. The molecule has 0 amide bonds. The van der Waals surface area contributed by atoms with E-state index in [1.807, 2.05) is 0 Å². The van der Waals surface area contributed by atoms with Crippen molar-refractivity contribution in [1.29, 1.82) is 0 Å². The van der Waals surface area contributed by atoms with Crippen LogP contribution in [0.2, 0.25) is 19.6 Å². The number of alkyl halides is 1. The maximum absolute atomic E-state index is 10.7. The van der Waals surface area contributed by atoms with Gasteiger partial charge < -0.3 is 9.52 Å². The van der Waals surface area contributed by atoms with Gasteiger partial charge in [-0.3, -0.25) is 0 Å².